The highest BCUT2D eigenvalue weighted by molar-refractivity contribution is 7.91. The van der Waals surface area contributed by atoms with Gasteiger partial charge >= 0.3 is 11.9 Å². The lowest BCUT2D eigenvalue weighted by Crippen LogP contribution is -2.66. The second kappa shape index (κ2) is 14.0. The Kier molecular flexibility index (Phi) is 10.3. The van der Waals surface area contributed by atoms with Gasteiger partial charge in [-0.2, -0.15) is 0 Å². The van der Waals surface area contributed by atoms with Crippen molar-refractivity contribution in [3.05, 3.63) is 41.0 Å². The molecule has 1 heterocycles. The molecule has 5 fully saturated rings. The average molecular weight is 779 g/mol. The van der Waals surface area contributed by atoms with Crippen molar-refractivity contribution >= 4 is 33.3 Å². The number of allylic oxidation sites excluding steroid dienone is 2. The fourth-order valence-corrected chi connectivity index (χ4v) is 15.9. The zero-order valence-corrected chi connectivity index (χ0v) is 35.2. The van der Waals surface area contributed by atoms with Crippen molar-refractivity contribution in [2.24, 2.45) is 62.6 Å². The van der Waals surface area contributed by atoms with Crippen LogP contribution in [0.4, 0.5) is 0 Å². The van der Waals surface area contributed by atoms with Crippen molar-refractivity contribution < 1.29 is 33.0 Å². The molecule has 9 nitrogen and oxygen atoms in total. The van der Waals surface area contributed by atoms with Gasteiger partial charge in [0.1, 0.15) is 0 Å². The summed E-state index contributed by atoms with van der Waals surface area (Å²) < 4.78 is 23.8. The molecule has 0 spiro atoms. The lowest BCUT2D eigenvalue weighted by Gasteiger charge is -2.72. The molecule has 1 aliphatic heterocycles. The molecule has 1 amide bonds. The van der Waals surface area contributed by atoms with Gasteiger partial charge in [-0.05, 0) is 151 Å². The molecule has 5 aliphatic carbocycles. The summed E-state index contributed by atoms with van der Waals surface area (Å²) >= 11 is 0. The molecule has 4 saturated carbocycles. The van der Waals surface area contributed by atoms with Gasteiger partial charge in [-0.3, -0.25) is 4.79 Å². The van der Waals surface area contributed by atoms with Gasteiger partial charge in [-0.25, -0.2) is 18.0 Å². The Bertz CT molecular complexity index is 1860. The van der Waals surface area contributed by atoms with Crippen LogP contribution in [-0.2, 0) is 14.6 Å². The van der Waals surface area contributed by atoms with E-state index in [-0.39, 0.29) is 55.6 Å². The first-order valence-electron chi connectivity index (χ1n) is 21.2. The molecule has 304 valence electrons. The van der Waals surface area contributed by atoms with Crippen LogP contribution in [0.15, 0.2) is 24.3 Å². The summed E-state index contributed by atoms with van der Waals surface area (Å²) in [5.74, 6) is 1.10. The molecule has 1 aromatic rings. The van der Waals surface area contributed by atoms with Crippen molar-refractivity contribution in [2.75, 3.05) is 37.7 Å². The molecule has 0 bridgehead atoms. The number of aromatic carboxylic acids is 2. The molecule has 1 saturated heterocycles. The summed E-state index contributed by atoms with van der Waals surface area (Å²) in [6.07, 6.45) is 12.7. The maximum Gasteiger partial charge on any atom is 0.336 e. The topological polar surface area (TPSA) is 141 Å². The number of sulfone groups is 1. The molecule has 10 heteroatoms. The number of carbonyl (C=O) groups excluding carboxylic acids is 1. The number of carbonyl (C=O) groups is 3. The predicted octanol–water partition coefficient (Wildman–Crippen LogP) is 8.05. The first-order chi connectivity index (χ1) is 25.7. The summed E-state index contributed by atoms with van der Waals surface area (Å²) in [4.78, 5) is 40.7. The Morgan fingerprint density at radius 3 is 2.20 bits per heavy atom. The van der Waals surface area contributed by atoms with Crippen molar-refractivity contribution in [3.8, 4) is 0 Å². The quantitative estimate of drug-likeness (QED) is 0.214. The molecule has 0 unspecified atom stereocenters. The minimum Gasteiger partial charge on any atom is -0.478 e. The minimum absolute atomic E-state index is 0.0577. The molecule has 6 aliphatic rings. The van der Waals surface area contributed by atoms with Gasteiger partial charge in [0.05, 0.1) is 28.0 Å². The van der Waals surface area contributed by atoms with E-state index in [1.54, 1.807) is 12.1 Å². The number of nitrogens with zero attached hydrogens (tertiary/aromatic N) is 1. The maximum absolute atomic E-state index is 14.5. The van der Waals surface area contributed by atoms with Gasteiger partial charge in [0, 0.05) is 19.6 Å². The first kappa shape index (κ1) is 40.5. The van der Waals surface area contributed by atoms with Crippen LogP contribution in [0.1, 0.15) is 139 Å². The van der Waals surface area contributed by atoms with E-state index in [2.05, 4.69) is 64.8 Å². The normalized spacial score (nSPS) is 39.2. The molecule has 3 N–H and O–H groups in total. The third-order valence-corrected chi connectivity index (χ3v) is 19.1. The number of benzene rings is 1. The van der Waals surface area contributed by atoms with Gasteiger partial charge in [0.15, 0.2) is 9.84 Å². The molecule has 9 atom stereocenters. The minimum atomic E-state index is -2.90. The van der Waals surface area contributed by atoms with Gasteiger partial charge in [0.2, 0.25) is 5.91 Å². The first-order valence-corrected chi connectivity index (χ1v) is 23.1. The fourth-order valence-electron chi connectivity index (χ4n) is 14.6. The van der Waals surface area contributed by atoms with Crippen LogP contribution in [0, 0.1) is 62.6 Å². The summed E-state index contributed by atoms with van der Waals surface area (Å²) in [5.41, 5.74) is 1.33. The van der Waals surface area contributed by atoms with Gasteiger partial charge in [-0.15, -0.1) is 0 Å². The monoisotopic (exact) mass is 778 g/mol. The summed E-state index contributed by atoms with van der Waals surface area (Å²) in [5, 5.41) is 23.0. The standard InChI is InChI=1S/C45H66N2O7S/c1-28(2)30-13-18-45(40(52)46-21-8-22-47-23-25-55(53,54)26-24-47)20-19-43(6)34(37(30)45)11-12-36-42(5)16-14-33(41(3,4)35(42)15-17-44(36,43)7)29-9-10-31(38(48)49)32(27-29)39(50)51/h9-10,14,27-28,30,34-37H,8,11-13,15-26H2,1-7H3,(H,46,52)(H,48,49)(H,50,51)/t30-,34+,35-,36+,37+,42-,43+,44+,45-/m0/s1. The number of carboxylic acids is 2. The third-order valence-electron chi connectivity index (χ3n) is 17.5. The van der Waals surface area contributed by atoms with E-state index in [4.69, 9.17) is 0 Å². The van der Waals surface area contributed by atoms with Crippen molar-refractivity contribution in [2.45, 2.75) is 113 Å². The zero-order chi connectivity index (χ0) is 39.9. The number of rotatable bonds is 9. The summed E-state index contributed by atoms with van der Waals surface area (Å²) in [6, 6.07) is 4.82. The molecule has 7 rings (SSSR count). The number of fused-ring (bicyclic) bond motifs is 7. The molecule has 0 aromatic heterocycles. The summed E-state index contributed by atoms with van der Waals surface area (Å²) in [7, 11) is -2.90. The molecular formula is C45H66N2O7S. The summed E-state index contributed by atoms with van der Waals surface area (Å²) in [6.45, 7) is 19.7. The molecule has 1 aromatic carbocycles. The Morgan fingerprint density at radius 1 is 0.855 bits per heavy atom. The zero-order valence-electron chi connectivity index (χ0n) is 34.4. The van der Waals surface area contributed by atoms with Crippen LogP contribution in [0.3, 0.4) is 0 Å². The third kappa shape index (κ3) is 6.33. The number of hydrogen-bond acceptors (Lipinski definition) is 6. The number of nitrogens with one attached hydrogen (secondary N) is 1. The predicted molar refractivity (Wildman–Crippen MR) is 215 cm³/mol. The maximum atomic E-state index is 14.5. The van der Waals surface area contributed by atoms with Crippen molar-refractivity contribution in [1.82, 2.24) is 10.2 Å². The van der Waals surface area contributed by atoms with E-state index >= 15 is 0 Å². The highest BCUT2D eigenvalue weighted by Crippen LogP contribution is 2.77. The van der Waals surface area contributed by atoms with Crippen molar-refractivity contribution in [1.29, 1.82) is 0 Å². The fraction of sp³-hybridized carbons (Fsp3) is 0.756. The van der Waals surface area contributed by atoms with E-state index in [0.717, 1.165) is 81.9 Å². The Labute approximate surface area is 329 Å². The highest BCUT2D eigenvalue weighted by atomic mass is 32.2. The number of hydrogen-bond donors (Lipinski definition) is 3. The van der Waals surface area contributed by atoms with E-state index < -0.39 is 21.8 Å². The van der Waals surface area contributed by atoms with Gasteiger partial charge in [0.25, 0.3) is 0 Å². The van der Waals surface area contributed by atoms with Gasteiger partial charge in [-0.1, -0.05) is 60.6 Å². The number of carboxylic acid groups (broad SMARTS) is 2. The van der Waals surface area contributed by atoms with E-state index in [1.807, 2.05) is 0 Å². The highest BCUT2D eigenvalue weighted by Gasteiger charge is 2.71. The Balaban J connectivity index is 1.13. The lowest BCUT2D eigenvalue weighted by molar-refractivity contribution is -0.227. The van der Waals surface area contributed by atoms with Crippen molar-refractivity contribution in [3.63, 3.8) is 0 Å². The SMILES string of the molecule is CC(C)[C@@H]1CC[C@]2(C(=O)NCCCN3CCS(=O)(=O)CC3)CC[C@]3(C)[C@H](CC[C@@H]4[C@@]5(C)CC=C(c6ccc(C(=O)O)c(C(=O)O)c6)C(C)(C)[C@@H]5CC[C@]43C)[C@@H]12. The van der Waals surface area contributed by atoms with Crippen LogP contribution in [0.25, 0.3) is 5.57 Å². The molecule has 0 radical (unpaired) electrons. The lowest BCUT2D eigenvalue weighted by atomic mass is 9.32. The number of amides is 1. The Hall–Kier alpha value is -2.72. The van der Waals surface area contributed by atoms with Crippen LogP contribution >= 0.6 is 0 Å². The second-order valence-corrected chi connectivity index (χ2v) is 22.6. The van der Waals surface area contributed by atoms with Crippen LogP contribution < -0.4 is 5.32 Å². The average Bonchev–Trinajstić information content (AvgIpc) is 3.52. The second-order valence-electron chi connectivity index (χ2n) is 20.3. The van der Waals surface area contributed by atoms with Crippen LogP contribution in [-0.4, -0.2) is 79.1 Å². The van der Waals surface area contributed by atoms with Gasteiger partial charge < -0.3 is 20.4 Å². The van der Waals surface area contributed by atoms with E-state index in [9.17, 15) is 33.0 Å². The Morgan fingerprint density at radius 2 is 1.55 bits per heavy atom. The van der Waals surface area contributed by atoms with Crippen LogP contribution in [0.2, 0.25) is 0 Å². The van der Waals surface area contributed by atoms with Crippen LogP contribution in [0.5, 0.6) is 0 Å². The van der Waals surface area contributed by atoms with E-state index in [1.165, 1.54) is 6.07 Å². The molecule has 55 heavy (non-hydrogen) atoms. The van der Waals surface area contributed by atoms with E-state index in [0.29, 0.717) is 55.1 Å². The smallest absolute Gasteiger partial charge is 0.336 e. The molecular weight excluding hydrogens is 713 g/mol. The largest absolute Gasteiger partial charge is 0.478 e.